The Morgan fingerprint density at radius 1 is 1.03 bits per heavy atom. The molecule has 1 saturated carbocycles. The molecule has 0 bridgehead atoms. The maximum atomic E-state index is 12.9. The van der Waals surface area contributed by atoms with E-state index in [0.717, 1.165) is 31.1 Å². The van der Waals surface area contributed by atoms with E-state index in [1.165, 1.54) is 30.7 Å². The first kappa shape index (κ1) is 23.6. The first-order valence-electron chi connectivity index (χ1n) is 11.4. The number of nitrogens with zero attached hydrogens (tertiary/aromatic N) is 7. The van der Waals surface area contributed by atoms with Gasteiger partial charge in [-0.15, -0.1) is 0 Å². The number of hydrogen-bond acceptors (Lipinski definition) is 9. The first-order chi connectivity index (χ1) is 17.3. The van der Waals surface area contributed by atoms with Crippen molar-refractivity contribution in [3.05, 3.63) is 54.7 Å². The second-order valence-electron chi connectivity index (χ2n) is 8.69. The van der Waals surface area contributed by atoms with Crippen LogP contribution in [0.25, 0.3) is 11.0 Å². The minimum Gasteiger partial charge on any atom is -0.343 e. The van der Waals surface area contributed by atoms with Crippen molar-refractivity contribution in [1.29, 1.82) is 0 Å². The van der Waals surface area contributed by atoms with Crippen molar-refractivity contribution >= 4 is 44.7 Å². The van der Waals surface area contributed by atoms with Crippen molar-refractivity contribution in [2.24, 2.45) is 0 Å². The second kappa shape index (κ2) is 9.49. The standard InChI is InChI=1S/C23H25N9O3S/c1-31(2)21(33)18-12-15-13-27-23(29-20(15)32(18)16-6-3-4-7-16)28-19-9-8-17(14-26-19)36(34,35)30-22-24-10-5-11-25-22/h5,8-14,16H,3-4,6-7H2,1-2H3,(H,24,25,30)(H,26,27,28,29). The first-order valence-corrected chi connectivity index (χ1v) is 12.9. The Hall–Kier alpha value is -4.13. The average molecular weight is 508 g/mol. The molecule has 1 aliphatic carbocycles. The van der Waals surface area contributed by atoms with Crippen LogP contribution in [0.5, 0.6) is 0 Å². The average Bonchev–Trinajstić information content (AvgIpc) is 3.52. The topological polar surface area (TPSA) is 148 Å². The van der Waals surface area contributed by atoms with Gasteiger partial charge in [0.15, 0.2) is 0 Å². The van der Waals surface area contributed by atoms with E-state index in [0.29, 0.717) is 23.1 Å². The number of rotatable bonds is 7. The van der Waals surface area contributed by atoms with Crippen LogP contribution in [0.4, 0.5) is 17.7 Å². The van der Waals surface area contributed by atoms with E-state index in [1.807, 2.05) is 10.6 Å². The van der Waals surface area contributed by atoms with Crippen LogP contribution >= 0.6 is 0 Å². The molecule has 5 rings (SSSR count). The lowest BCUT2D eigenvalue weighted by Crippen LogP contribution is -2.25. The minimum atomic E-state index is -3.90. The fourth-order valence-electron chi connectivity index (χ4n) is 4.25. The lowest BCUT2D eigenvalue weighted by Gasteiger charge is -2.19. The fraction of sp³-hybridized carbons (Fsp3) is 0.304. The summed E-state index contributed by atoms with van der Waals surface area (Å²) in [4.78, 5) is 35.4. The Bertz CT molecular complexity index is 1500. The maximum absolute atomic E-state index is 12.9. The van der Waals surface area contributed by atoms with E-state index in [4.69, 9.17) is 0 Å². The van der Waals surface area contributed by atoms with Crippen LogP contribution in [0, 0.1) is 0 Å². The molecule has 4 aromatic rings. The molecular weight excluding hydrogens is 482 g/mol. The monoisotopic (exact) mass is 507 g/mol. The summed E-state index contributed by atoms with van der Waals surface area (Å²) in [7, 11) is -0.432. The van der Waals surface area contributed by atoms with Gasteiger partial charge in [0.25, 0.3) is 15.9 Å². The molecule has 0 radical (unpaired) electrons. The summed E-state index contributed by atoms with van der Waals surface area (Å²) in [6.45, 7) is 0. The largest absolute Gasteiger partial charge is 0.343 e. The Balaban J connectivity index is 1.41. The number of anilines is 3. The lowest BCUT2D eigenvalue weighted by molar-refractivity contribution is 0.0815. The van der Waals surface area contributed by atoms with Gasteiger partial charge in [-0.05, 0) is 37.1 Å². The van der Waals surface area contributed by atoms with Crippen molar-refractivity contribution in [2.45, 2.75) is 36.6 Å². The van der Waals surface area contributed by atoms with Crippen molar-refractivity contribution in [3.63, 3.8) is 0 Å². The third kappa shape index (κ3) is 4.69. The number of hydrogen-bond donors (Lipinski definition) is 2. The van der Waals surface area contributed by atoms with Gasteiger partial charge in [-0.1, -0.05) is 12.8 Å². The molecule has 36 heavy (non-hydrogen) atoms. The number of carbonyl (C=O) groups excluding carboxylic acids is 1. The van der Waals surface area contributed by atoms with Gasteiger partial charge >= 0.3 is 0 Å². The molecule has 2 N–H and O–H groups in total. The molecule has 1 amide bonds. The zero-order chi connectivity index (χ0) is 25.3. The van der Waals surface area contributed by atoms with E-state index in [1.54, 1.807) is 31.3 Å². The molecule has 0 aromatic carbocycles. The fourth-order valence-corrected chi connectivity index (χ4v) is 5.15. The summed E-state index contributed by atoms with van der Waals surface area (Å²) in [5.74, 6) is 0.552. The zero-order valence-corrected chi connectivity index (χ0v) is 20.6. The molecule has 4 heterocycles. The molecule has 186 valence electrons. The van der Waals surface area contributed by atoms with Crippen molar-refractivity contribution < 1.29 is 13.2 Å². The van der Waals surface area contributed by atoms with Gasteiger partial charge < -0.3 is 14.8 Å². The number of aromatic nitrogens is 6. The van der Waals surface area contributed by atoms with Crippen LogP contribution in [0.1, 0.15) is 42.2 Å². The van der Waals surface area contributed by atoms with Crippen LogP contribution in [0.2, 0.25) is 0 Å². The number of sulfonamides is 1. The minimum absolute atomic E-state index is 0.0289. The van der Waals surface area contributed by atoms with E-state index < -0.39 is 10.0 Å². The lowest BCUT2D eigenvalue weighted by atomic mass is 10.2. The van der Waals surface area contributed by atoms with Crippen LogP contribution in [-0.2, 0) is 10.0 Å². The zero-order valence-electron chi connectivity index (χ0n) is 19.8. The normalized spacial score (nSPS) is 14.2. The van der Waals surface area contributed by atoms with Gasteiger partial charge in [-0.25, -0.2) is 33.1 Å². The smallest absolute Gasteiger partial charge is 0.270 e. The molecule has 13 heteroatoms. The van der Waals surface area contributed by atoms with Crippen molar-refractivity contribution in [2.75, 3.05) is 24.1 Å². The Morgan fingerprint density at radius 2 is 1.78 bits per heavy atom. The molecule has 0 saturated heterocycles. The third-order valence-corrected chi connectivity index (χ3v) is 7.28. The molecule has 0 spiro atoms. The molecule has 0 unspecified atom stereocenters. The van der Waals surface area contributed by atoms with Crippen molar-refractivity contribution in [3.8, 4) is 0 Å². The van der Waals surface area contributed by atoms with Gasteiger partial charge in [0.05, 0.1) is 0 Å². The van der Waals surface area contributed by atoms with Crippen LogP contribution in [-0.4, -0.2) is 62.8 Å². The van der Waals surface area contributed by atoms with Crippen LogP contribution < -0.4 is 10.0 Å². The molecule has 12 nitrogen and oxygen atoms in total. The Labute approximate surface area is 207 Å². The number of fused-ring (bicyclic) bond motifs is 1. The predicted octanol–water partition coefficient (Wildman–Crippen LogP) is 2.98. The molecule has 1 fully saturated rings. The molecular formula is C23H25N9O3S. The predicted molar refractivity (Wildman–Crippen MR) is 133 cm³/mol. The summed E-state index contributed by atoms with van der Waals surface area (Å²) in [5.41, 5.74) is 1.27. The highest BCUT2D eigenvalue weighted by atomic mass is 32.2. The second-order valence-corrected chi connectivity index (χ2v) is 10.4. The maximum Gasteiger partial charge on any atom is 0.270 e. The third-order valence-electron chi connectivity index (χ3n) is 5.97. The highest BCUT2D eigenvalue weighted by Crippen LogP contribution is 2.35. The summed E-state index contributed by atoms with van der Waals surface area (Å²) < 4.78 is 29.5. The summed E-state index contributed by atoms with van der Waals surface area (Å²) >= 11 is 0. The molecule has 0 atom stereocenters. The highest BCUT2D eigenvalue weighted by Gasteiger charge is 2.26. The summed E-state index contributed by atoms with van der Waals surface area (Å²) in [6, 6.07) is 6.55. The van der Waals surface area contributed by atoms with Gasteiger partial charge in [-0.2, -0.15) is 4.98 Å². The van der Waals surface area contributed by atoms with Gasteiger partial charge in [0.2, 0.25) is 11.9 Å². The number of pyridine rings is 1. The Kier molecular flexibility index (Phi) is 6.22. The van der Waals surface area contributed by atoms with Crippen molar-refractivity contribution in [1.82, 2.24) is 34.4 Å². The van der Waals surface area contributed by atoms with E-state index in [2.05, 4.69) is 35.0 Å². The summed E-state index contributed by atoms with van der Waals surface area (Å²) in [5, 5.41) is 3.80. The van der Waals surface area contributed by atoms with E-state index in [9.17, 15) is 13.2 Å². The van der Waals surface area contributed by atoms with Gasteiger partial charge in [-0.3, -0.25) is 4.79 Å². The number of nitrogens with one attached hydrogen (secondary N) is 2. The number of carbonyl (C=O) groups is 1. The SMILES string of the molecule is CN(C)C(=O)c1cc2cnc(Nc3ccc(S(=O)(=O)Nc4ncccn4)cn3)nc2n1C1CCCC1. The van der Waals surface area contributed by atoms with E-state index >= 15 is 0 Å². The Morgan fingerprint density at radius 3 is 2.44 bits per heavy atom. The molecule has 4 aromatic heterocycles. The van der Waals surface area contributed by atoms with Crippen LogP contribution in [0.15, 0.2) is 53.9 Å². The van der Waals surface area contributed by atoms with Crippen LogP contribution in [0.3, 0.4) is 0 Å². The molecule has 1 aliphatic rings. The molecule has 0 aliphatic heterocycles. The van der Waals surface area contributed by atoms with Gasteiger partial charge in [0.1, 0.15) is 22.1 Å². The van der Waals surface area contributed by atoms with E-state index in [-0.39, 0.29) is 22.8 Å². The highest BCUT2D eigenvalue weighted by molar-refractivity contribution is 7.92. The van der Waals surface area contributed by atoms with Gasteiger partial charge in [0, 0.05) is 50.3 Å². The summed E-state index contributed by atoms with van der Waals surface area (Å²) in [6.07, 6.45) is 9.98. The number of amides is 1. The quantitative estimate of drug-likeness (QED) is 0.385.